The van der Waals surface area contributed by atoms with Crippen LogP contribution < -0.4 is 10.1 Å². The van der Waals surface area contributed by atoms with Crippen molar-refractivity contribution in [2.45, 2.75) is 26.4 Å². The highest BCUT2D eigenvalue weighted by atomic mass is 79.9. The van der Waals surface area contributed by atoms with E-state index in [0.29, 0.717) is 12.0 Å². The first-order valence-electron chi connectivity index (χ1n) is 6.65. The molecule has 1 aromatic rings. The molecule has 108 valence electrons. The van der Waals surface area contributed by atoms with Crippen LogP contribution in [0, 0.1) is 5.92 Å². The van der Waals surface area contributed by atoms with Gasteiger partial charge >= 0.3 is 0 Å². The molecular formula is C15H25BrN2O. The molecule has 0 aliphatic rings. The predicted octanol–water partition coefficient (Wildman–Crippen LogP) is 3.13. The van der Waals surface area contributed by atoms with Gasteiger partial charge in [0.05, 0.1) is 11.6 Å². The van der Waals surface area contributed by atoms with Gasteiger partial charge < -0.3 is 15.0 Å². The molecular weight excluding hydrogens is 304 g/mol. The topological polar surface area (TPSA) is 24.5 Å². The Hall–Kier alpha value is -0.580. The molecule has 1 unspecified atom stereocenters. The zero-order valence-electron chi connectivity index (χ0n) is 12.5. The Morgan fingerprint density at radius 2 is 2.00 bits per heavy atom. The maximum Gasteiger partial charge on any atom is 0.133 e. The van der Waals surface area contributed by atoms with Gasteiger partial charge in [0.1, 0.15) is 5.75 Å². The van der Waals surface area contributed by atoms with Crippen LogP contribution in [0.1, 0.15) is 19.4 Å². The number of hydrogen-bond acceptors (Lipinski definition) is 3. The summed E-state index contributed by atoms with van der Waals surface area (Å²) in [5.41, 5.74) is 1.26. The number of likely N-dealkylation sites (N-methyl/N-ethyl adjacent to an activating group) is 1. The third kappa shape index (κ3) is 5.13. The fourth-order valence-electron chi connectivity index (χ4n) is 2.20. The molecule has 0 aliphatic carbocycles. The summed E-state index contributed by atoms with van der Waals surface area (Å²) in [6.45, 7) is 6.39. The van der Waals surface area contributed by atoms with E-state index in [4.69, 9.17) is 4.74 Å². The van der Waals surface area contributed by atoms with Crippen LogP contribution in [0.3, 0.4) is 0 Å². The lowest BCUT2D eigenvalue weighted by Crippen LogP contribution is -2.41. The SMILES string of the molecule is COc1ccc(CNCC(C(C)C)N(C)C)cc1Br. The summed E-state index contributed by atoms with van der Waals surface area (Å²) in [5, 5.41) is 3.53. The molecule has 0 saturated carbocycles. The van der Waals surface area contributed by atoms with Crippen molar-refractivity contribution in [2.24, 2.45) is 5.92 Å². The minimum absolute atomic E-state index is 0.557. The van der Waals surface area contributed by atoms with E-state index in [9.17, 15) is 0 Å². The van der Waals surface area contributed by atoms with Crippen LogP contribution in [-0.2, 0) is 6.54 Å². The summed E-state index contributed by atoms with van der Waals surface area (Å²) < 4.78 is 6.23. The maximum atomic E-state index is 5.23. The molecule has 0 heterocycles. The van der Waals surface area contributed by atoms with E-state index in [-0.39, 0.29) is 0 Å². The van der Waals surface area contributed by atoms with Gasteiger partial charge in [-0.3, -0.25) is 0 Å². The average molecular weight is 329 g/mol. The summed E-state index contributed by atoms with van der Waals surface area (Å²) in [6.07, 6.45) is 0. The van der Waals surface area contributed by atoms with E-state index in [0.717, 1.165) is 23.3 Å². The van der Waals surface area contributed by atoms with Gasteiger partial charge in [-0.05, 0) is 53.6 Å². The summed E-state index contributed by atoms with van der Waals surface area (Å²) in [7, 11) is 5.95. The molecule has 1 atom stereocenters. The van der Waals surface area contributed by atoms with Gasteiger partial charge in [-0.25, -0.2) is 0 Å². The third-order valence-electron chi connectivity index (χ3n) is 3.33. The van der Waals surface area contributed by atoms with Gasteiger partial charge in [0.2, 0.25) is 0 Å². The fourth-order valence-corrected chi connectivity index (χ4v) is 2.79. The second-order valence-corrected chi connectivity index (χ2v) is 6.23. The van der Waals surface area contributed by atoms with Crippen LogP contribution in [0.15, 0.2) is 22.7 Å². The Kier molecular flexibility index (Phi) is 6.83. The molecule has 4 heteroatoms. The standard InChI is InChI=1S/C15H25BrN2O/c1-11(2)14(18(3)4)10-17-9-12-6-7-15(19-5)13(16)8-12/h6-8,11,14,17H,9-10H2,1-5H3. The summed E-state index contributed by atoms with van der Waals surface area (Å²) in [5.74, 6) is 1.52. The quantitative estimate of drug-likeness (QED) is 0.832. The number of ether oxygens (including phenoxy) is 1. The van der Waals surface area contributed by atoms with Gasteiger partial charge in [0.15, 0.2) is 0 Å². The van der Waals surface area contributed by atoms with Crippen molar-refractivity contribution in [2.75, 3.05) is 27.7 Å². The molecule has 1 rings (SSSR count). The summed E-state index contributed by atoms with van der Waals surface area (Å²) >= 11 is 3.51. The van der Waals surface area contributed by atoms with E-state index in [1.807, 2.05) is 6.07 Å². The van der Waals surface area contributed by atoms with E-state index in [1.54, 1.807) is 7.11 Å². The molecule has 1 N–H and O–H groups in total. The zero-order valence-corrected chi connectivity index (χ0v) is 14.1. The van der Waals surface area contributed by atoms with Crippen LogP contribution in [0.4, 0.5) is 0 Å². The number of methoxy groups -OCH3 is 1. The van der Waals surface area contributed by atoms with Crippen molar-refractivity contribution in [3.63, 3.8) is 0 Å². The lowest BCUT2D eigenvalue weighted by atomic mass is 10.0. The van der Waals surface area contributed by atoms with Crippen molar-refractivity contribution >= 4 is 15.9 Å². The van der Waals surface area contributed by atoms with E-state index < -0.39 is 0 Å². The Labute approximate surface area is 125 Å². The van der Waals surface area contributed by atoms with Crippen molar-refractivity contribution in [1.82, 2.24) is 10.2 Å². The highest BCUT2D eigenvalue weighted by molar-refractivity contribution is 9.10. The zero-order chi connectivity index (χ0) is 14.4. The fraction of sp³-hybridized carbons (Fsp3) is 0.600. The maximum absolute atomic E-state index is 5.23. The molecule has 3 nitrogen and oxygen atoms in total. The van der Waals surface area contributed by atoms with Crippen LogP contribution >= 0.6 is 15.9 Å². The Morgan fingerprint density at radius 1 is 1.32 bits per heavy atom. The molecule has 19 heavy (non-hydrogen) atoms. The van der Waals surface area contributed by atoms with Gasteiger partial charge in [0, 0.05) is 19.1 Å². The van der Waals surface area contributed by atoms with Crippen LogP contribution in [0.2, 0.25) is 0 Å². The molecule has 0 bridgehead atoms. The smallest absolute Gasteiger partial charge is 0.133 e. The first kappa shape index (κ1) is 16.5. The molecule has 0 aromatic heterocycles. The van der Waals surface area contributed by atoms with Crippen molar-refractivity contribution in [1.29, 1.82) is 0 Å². The number of hydrogen-bond donors (Lipinski definition) is 1. The second kappa shape index (κ2) is 7.88. The monoisotopic (exact) mass is 328 g/mol. The van der Waals surface area contributed by atoms with E-state index in [1.165, 1.54) is 5.56 Å². The van der Waals surface area contributed by atoms with E-state index >= 15 is 0 Å². The number of nitrogens with zero attached hydrogens (tertiary/aromatic N) is 1. The van der Waals surface area contributed by atoms with Crippen molar-refractivity contribution < 1.29 is 4.74 Å². The van der Waals surface area contributed by atoms with E-state index in [2.05, 4.69) is 66.2 Å². The normalized spacial score (nSPS) is 13.1. The largest absolute Gasteiger partial charge is 0.496 e. The number of rotatable bonds is 7. The number of halogens is 1. The molecule has 1 aromatic carbocycles. The average Bonchev–Trinajstić information content (AvgIpc) is 2.33. The summed E-state index contributed by atoms with van der Waals surface area (Å²) in [4.78, 5) is 2.28. The minimum Gasteiger partial charge on any atom is -0.496 e. The second-order valence-electron chi connectivity index (χ2n) is 5.37. The van der Waals surface area contributed by atoms with Crippen LogP contribution in [0.5, 0.6) is 5.75 Å². The number of benzene rings is 1. The van der Waals surface area contributed by atoms with Crippen LogP contribution in [0.25, 0.3) is 0 Å². The van der Waals surface area contributed by atoms with Crippen LogP contribution in [-0.4, -0.2) is 38.7 Å². The van der Waals surface area contributed by atoms with Gasteiger partial charge in [-0.2, -0.15) is 0 Å². The molecule has 0 aliphatic heterocycles. The highest BCUT2D eigenvalue weighted by Gasteiger charge is 2.14. The summed E-state index contributed by atoms with van der Waals surface area (Å²) in [6, 6.07) is 6.75. The molecule has 0 fully saturated rings. The van der Waals surface area contributed by atoms with Crippen molar-refractivity contribution in [3.05, 3.63) is 28.2 Å². The van der Waals surface area contributed by atoms with Gasteiger partial charge in [0.25, 0.3) is 0 Å². The van der Waals surface area contributed by atoms with Crippen molar-refractivity contribution in [3.8, 4) is 5.75 Å². The molecule has 0 saturated heterocycles. The Morgan fingerprint density at radius 3 is 2.47 bits per heavy atom. The van der Waals surface area contributed by atoms with Gasteiger partial charge in [-0.15, -0.1) is 0 Å². The molecule has 0 radical (unpaired) electrons. The first-order valence-corrected chi connectivity index (χ1v) is 7.44. The lowest BCUT2D eigenvalue weighted by Gasteiger charge is -2.28. The Balaban J connectivity index is 2.51. The molecule has 0 spiro atoms. The third-order valence-corrected chi connectivity index (χ3v) is 3.95. The first-order chi connectivity index (χ1) is 8.95. The van der Waals surface area contributed by atoms with Gasteiger partial charge in [-0.1, -0.05) is 19.9 Å². The highest BCUT2D eigenvalue weighted by Crippen LogP contribution is 2.25. The molecule has 0 amide bonds. The predicted molar refractivity (Wildman–Crippen MR) is 84.7 cm³/mol. The Bertz CT molecular complexity index is 386. The minimum atomic E-state index is 0.557. The lowest BCUT2D eigenvalue weighted by molar-refractivity contribution is 0.224. The number of nitrogens with one attached hydrogen (secondary N) is 1.